The van der Waals surface area contributed by atoms with E-state index in [2.05, 4.69) is 46.7 Å². The van der Waals surface area contributed by atoms with Gasteiger partial charge in [0.2, 0.25) is 23.8 Å². The lowest BCUT2D eigenvalue weighted by atomic mass is 10.0. The van der Waals surface area contributed by atoms with Gasteiger partial charge in [-0.2, -0.15) is 15.0 Å². The lowest BCUT2D eigenvalue weighted by molar-refractivity contribution is -0.142. The molecule has 0 bridgehead atoms. The monoisotopic (exact) mass is 1460 g/mol. The summed E-state index contributed by atoms with van der Waals surface area (Å²) in [7, 11) is 0. The highest BCUT2D eigenvalue weighted by Crippen LogP contribution is 2.24. The molecule has 0 aliphatic carbocycles. The molecule has 1 aromatic carbocycles. The normalized spacial score (nSPS) is 15.9. The van der Waals surface area contributed by atoms with Crippen molar-refractivity contribution < 1.29 is 98.7 Å². The highest BCUT2D eigenvalue weighted by atomic mass is 16.4. The van der Waals surface area contributed by atoms with E-state index in [0.717, 1.165) is 57.1 Å². The Labute approximate surface area is 599 Å². The van der Waals surface area contributed by atoms with E-state index in [4.69, 9.17) is 15.1 Å². The second-order valence-corrected chi connectivity index (χ2v) is 25.6. The minimum atomic E-state index is -1.44. The van der Waals surface area contributed by atoms with Crippen LogP contribution in [0.15, 0.2) is 49.1 Å². The van der Waals surface area contributed by atoms with Gasteiger partial charge in [0.25, 0.3) is 0 Å². The molecule has 14 N–H and O–H groups in total. The summed E-state index contributed by atoms with van der Waals surface area (Å²) in [6.45, 7) is 2.46. The second-order valence-electron chi connectivity index (χ2n) is 25.6. The van der Waals surface area contributed by atoms with Gasteiger partial charge in [-0.25, -0.2) is 29.8 Å². The van der Waals surface area contributed by atoms with Gasteiger partial charge < -0.3 is 75.9 Å². The Morgan fingerprint density at radius 1 is 0.481 bits per heavy atom. The minimum absolute atomic E-state index is 0.0346. The van der Waals surface area contributed by atoms with Gasteiger partial charge >= 0.3 is 59.8 Å². The Kier molecular flexibility index (Phi) is 34.7. The average molecular weight is 1460 g/mol. The predicted molar refractivity (Wildman–Crippen MR) is 370 cm³/mol. The van der Waals surface area contributed by atoms with Crippen LogP contribution in [0.2, 0.25) is 0 Å². The zero-order chi connectivity index (χ0) is 75.5. The van der Waals surface area contributed by atoms with Crippen molar-refractivity contribution in [2.45, 2.75) is 141 Å². The molecule has 2 aliphatic rings. The van der Waals surface area contributed by atoms with Gasteiger partial charge in [-0.15, -0.1) is 0 Å². The second kappa shape index (κ2) is 43.7. The zero-order valence-electron chi connectivity index (χ0n) is 58.1. The van der Waals surface area contributed by atoms with E-state index in [0.29, 0.717) is 69.3 Å². The van der Waals surface area contributed by atoms with Crippen molar-refractivity contribution in [1.82, 2.24) is 79.6 Å². The molecule has 6 rings (SSSR count). The number of aromatic nitrogens is 7. The molecule has 0 saturated carbocycles. The fourth-order valence-electron chi connectivity index (χ4n) is 12.1. The van der Waals surface area contributed by atoms with Gasteiger partial charge in [0, 0.05) is 121 Å². The van der Waals surface area contributed by atoms with Crippen LogP contribution in [0.4, 0.5) is 28.3 Å². The topological polar surface area (TPSA) is 527 Å². The molecule has 3 amide bonds. The molecule has 4 aromatic rings. The number of hydrogen-bond donors (Lipinski definition) is 14. The van der Waals surface area contributed by atoms with Crippen LogP contribution in [0, 0.1) is 0 Å². The fraction of sp³-hybridized carbons (Fsp3) is 0.600. The van der Waals surface area contributed by atoms with E-state index in [-0.39, 0.29) is 129 Å². The van der Waals surface area contributed by atoms with Crippen molar-refractivity contribution in [3.63, 3.8) is 0 Å². The van der Waals surface area contributed by atoms with Gasteiger partial charge in [-0.3, -0.25) is 73.2 Å². The maximum absolute atomic E-state index is 13.1. The van der Waals surface area contributed by atoms with Gasteiger partial charge in [0.1, 0.15) is 36.8 Å². The van der Waals surface area contributed by atoms with Crippen LogP contribution in [0.3, 0.4) is 0 Å². The van der Waals surface area contributed by atoms with Crippen LogP contribution in [0.25, 0.3) is 0 Å². The minimum Gasteiger partial charge on any atom is -0.481 e. The molecule has 0 radical (unpaired) electrons. The van der Waals surface area contributed by atoms with E-state index in [1.165, 1.54) is 21.5 Å². The van der Waals surface area contributed by atoms with E-state index < -0.39 is 103 Å². The van der Waals surface area contributed by atoms with Crippen LogP contribution >= 0.6 is 0 Å². The van der Waals surface area contributed by atoms with Crippen molar-refractivity contribution in [1.29, 1.82) is 0 Å². The molecular formula is C65H97N19O20. The molecule has 39 heteroatoms. The number of hydrogen-bond acceptors (Lipinski definition) is 25. The summed E-state index contributed by atoms with van der Waals surface area (Å²) in [4.78, 5) is 167. The largest absolute Gasteiger partial charge is 0.481 e. The molecule has 39 nitrogen and oxygen atoms in total. The predicted octanol–water partition coefficient (Wildman–Crippen LogP) is 0.668. The highest BCUT2D eigenvalue weighted by molar-refractivity contribution is 5.85. The Morgan fingerprint density at radius 2 is 0.990 bits per heavy atom. The molecule has 2 fully saturated rings. The number of carbonyl (C=O) groups excluding carboxylic acids is 2. The smallest absolute Gasteiger partial charge is 0.334 e. The number of amides is 3. The molecule has 3 atom stereocenters. The molecule has 2 aliphatic heterocycles. The fourth-order valence-corrected chi connectivity index (χ4v) is 12.1. The number of rotatable bonds is 45. The molecule has 3 aromatic heterocycles. The summed E-state index contributed by atoms with van der Waals surface area (Å²) in [5, 5.41) is 95.7. The van der Waals surface area contributed by atoms with Crippen molar-refractivity contribution in [2.24, 2.45) is 0 Å². The number of carbonyl (C=O) groups is 11. The maximum atomic E-state index is 13.1. The molecule has 2 saturated heterocycles. The Bertz CT molecular complexity index is 3410. The van der Waals surface area contributed by atoms with Gasteiger partial charge in [0.05, 0.1) is 39.3 Å². The number of nitrogens with one attached hydrogen (secondary N) is 5. The van der Waals surface area contributed by atoms with Crippen LogP contribution in [0.5, 0.6) is 0 Å². The number of carboxylic acid groups (broad SMARTS) is 9. The third kappa shape index (κ3) is 31.6. The number of anilines is 4. The molecule has 5 heterocycles. The Hall–Kier alpha value is -10.2. The summed E-state index contributed by atoms with van der Waals surface area (Å²) < 4.78 is 2.97. The highest BCUT2D eigenvalue weighted by Gasteiger charge is 2.30. The number of unbranched alkanes of at least 4 members (excludes halogenated alkanes) is 8. The summed E-state index contributed by atoms with van der Waals surface area (Å²) in [5.41, 5.74) is 5.53. The Balaban J connectivity index is 1.11. The van der Waals surface area contributed by atoms with Crippen LogP contribution in [-0.2, 0) is 80.5 Å². The van der Waals surface area contributed by atoms with Crippen LogP contribution in [-0.4, -0.2) is 304 Å². The number of imidazole rings is 2. The van der Waals surface area contributed by atoms with Crippen molar-refractivity contribution in [2.75, 3.05) is 127 Å². The first kappa shape index (κ1) is 82.7. The summed E-state index contributed by atoms with van der Waals surface area (Å²) in [6.07, 6.45) is 13.7. The SMILES string of the molecule is O=C(O)CC[C@H](NC(=O)NNC(=O)CCCCCCCCCCN1CCN(c2nc(Nc3ccc(CC4CN(CC(=O)O)CCN(CC(=O)O)CCN(CC(=O)O)CCN4CC(=O)O)cc3)nc(N[C@@H](CCCCN(Cc3nccn3CC(=O)O)Cc3nccn3CC(=O)O)C(=O)O)n2)CC1)C(=O)O. The first-order valence-electron chi connectivity index (χ1n) is 34.6. The van der Waals surface area contributed by atoms with Crippen LogP contribution < -0.4 is 31.7 Å². The number of nitrogens with zero attached hydrogens (tertiary/aromatic N) is 14. The van der Waals surface area contributed by atoms with Gasteiger partial charge in [0.15, 0.2) is 0 Å². The summed E-state index contributed by atoms with van der Waals surface area (Å²) in [6, 6.07) is 2.83. The first-order valence-corrected chi connectivity index (χ1v) is 34.6. The third-order valence-electron chi connectivity index (χ3n) is 17.5. The van der Waals surface area contributed by atoms with E-state index in [9.17, 15) is 93.6 Å². The standard InChI is InChI=1S/C65H97N19O20/c85-52(74-75-65(104)70-49(61(102)103)17-18-53(86)87)12-7-5-3-1-2-4-6-9-21-76-29-32-81(33-30-76)64-72-62(71-63(73-64)69-48(60(100)101)11-8-10-22-79(37-50-66-19-23-83(50)43-58(96)97)38-51-67-20-24-84(51)44-59(98)99)68-46-15-13-45(14-16-46)35-47-36-80(41-56(92)93)28-27-77(39-54(88)89)25-26-78(40-55(90)91)31-34-82(47)42-57(94)95/h13-16,19-20,23-24,47-49H,1-12,17-18,21-22,25-44H2,(H,74,85)(H,86,87)(H,88,89)(H,90,91)(H,92,93)(H,94,95)(H,96,97)(H,98,99)(H,100,101)(H,102,103)(H2,70,75,104)(H2,68,69,71,72,73)/t47?,48-,49-/m0/s1. The van der Waals surface area contributed by atoms with E-state index in [1.807, 2.05) is 9.80 Å². The van der Waals surface area contributed by atoms with Crippen molar-refractivity contribution in [3.8, 4) is 0 Å². The number of piperazine rings is 1. The number of aliphatic carboxylic acids is 9. The molecular weight excluding hydrogens is 1370 g/mol. The summed E-state index contributed by atoms with van der Waals surface area (Å²) in [5.74, 6) is -9.75. The Morgan fingerprint density at radius 3 is 1.54 bits per heavy atom. The summed E-state index contributed by atoms with van der Waals surface area (Å²) >= 11 is 0. The van der Waals surface area contributed by atoms with Crippen LogP contribution in [0.1, 0.15) is 107 Å². The lowest BCUT2D eigenvalue weighted by Crippen LogP contribution is -2.53. The molecule has 1 unspecified atom stereocenters. The third-order valence-corrected chi connectivity index (χ3v) is 17.5. The lowest BCUT2D eigenvalue weighted by Gasteiger charge is -2.37. The zero-order valence-corrected chi connectivity index (χ0v) is 58.1. The number of hydrazine groups is 1. The van der Waals surface area contributed by atoms with Gasteiger partial charge in [-0.1, -0.05) is 50.7 Å². The van der Waals surface area contributed by atoms with Gasteiger partial charge in [-0.05, 0) is 75.7 Å². The van der Waals surface area contributed by atoms with E-state index >= 15 is 0 Å². The van der Waals surface area contributed by atoms with Crippen molar-refractivity contribution in [3.05, 3.63) is 66.3 Å². The first-order chi connectivity index (χ1) is 49.7. The average Bonchev–Trinajstić information content (AvgIpc) is 1.09. The molecule has 0 spiro atoms. The number of urea groups is 1. The maximum Gasteiger partial charge on any atom is 0.334 e. The number of benzene rings is 1. The molecule has 104 heavy (non-hydrogen) atoms. The van der Waals surface area contributed by atoms with E-state index in [1.54, 1.807) is 56.3 Å². The number of carboxylic acids is 9. The van der Waals surface area contributed by atoms with Crippen molar-refractivity contribution >= 4 is 89.2 Å². The quantitative estimate of drug-likeness (QED) is 0.0214. The molecule has 572 valence electrons.